The van der Waals surface area contributed by atoms with Crippen molar-refractivity contribution in [2.45, 2.75) is 78.9 Å². The number of hydrogen-bond acceptors (Lipinski definition) is 7. The summed E-state index contributed by atoms with van der Waals surface area (Å²) in [7, 11) is 0. The quantitative estimate of drug-likeness (QED) is 0.279. The van der Waals surface area contributed by atoms with Crippen molar-refractivity contribution in [1.82, 2.24) is 15.0 Å². The number of hydrogen-bond donors (Lipinski definition) is 1. The molecule has 1 saturated heterocycles. The first-order valence-corrected chi connectivity index (χ1v) is 14.2. The van der Waals surface area contributed by atoms with Gasteiger partial charge in [0.15, 0.2) is 17.7 Å². The van der Waals surface area contributed by atoms with Gasteiger partial charge >= 0.3 is 5.97 Å². The van der Waals surface area contributed by atoms with Crippen LogP contribution >= 0.6 is 0 Å². The molecule has 0 spiro atoms. The number of aromatic nitrogens is 3. The molecule has 3 aromatic rings. The fourth-order valence-electron chi connectivity index (χ4n) is 4.87. The number of nitrogens with zero attached hydrogens (tertiary/aromatic N) is 4. The Bertz CT molecular complexity index is 1330. The summed E-state index contributed by atoms with van der Waals surface area (Å²) < 4.78 is 25.2. The summed E-state index contributed by atoms with van der Waals surface area (Å²) in [6, 6.07) is 6.33. The molecule has 41 heavy (non-hydrogen) atoms. The molecule has 1 atom stereocenters. The van der Waals surface area contributed by atoms with Crippen molar-refractivity contribution in [2.24, 2.45) is 5.41 Å². The van der Waals surface area contributed by atoms with Gasteiger partial charge in [0.05, 0.1) is 35.9 Å². The largest absolute Gasteiger partial charge is 0.490 e. The molecule has 1 aromatic carbocycles. The lowest BCUT2D eigenvalue weighted by atomic mass is 9.82. The van der Waals surface area contributed by atoms with Gasteiger partial charge < -0.3 is 19.5 Å². The highest BCUT2D eigenvalue weighted by Crippen LogP contribution is 2.43. The lowest BCUT2D eigenvalue weighted by molar-refractivity contribution is -0.162. The first kappa shape index (κ1) is 30.4. The molecular weight excluding hydrogens is 523 g/mol. The molecule has 4 rings (SSSR count). The van der Waals surface area contributed by atoms with Crippen LogP contribution in [0, 0.1) is 18.2 Å². The predicted octanol–water partition coefficient (Wildman–Crippen LogP) is 6.56. The van der Waals surface area contributed by atoms with Crippen LogP contribution in [0.2, 0.25) is 0 Å². The van der Waals surface area contributed by atoms with Crippen LogP contribution in [0.1, 0.15) is 76.8 Å². The van der Waals surface area contributed by atoms with E-state index in [4.69, 9.17) is 9.47 Å². The Balaban J connectivity index is 1.68. The fourth-order valence-corrected chi connectivity index (χ4v) is 4.87. The van der Waals surface area contributed by atoms with Crippen molar-refractivity contribution < 1.29 is 23.8 Å². The maximum Gasteiger partial charge on any atom is 0.337 e. The van der Waals surface area contributed by atoms with E-state index in [0.29, 0.717) is 47.8 Å². The zero-order chi connectivity index (χ0) is 29.8. The summed E-state index contributed by atoms with van der Waals surface area (Å²) >= 11 is 0. The lowest BCUT2D eigenvalue weighted by Gasteiger charge is -2.40. The Morgan fingerprint density at radius 2 is 1.73 bits per heavy atom. The minimum Gasteiger partial charge on any atom is -0.490 e. The van der Waals surface area contributed by atoms with Crippen molar-refractivity contribution in [1.29, 1.82) is 0 Å². The molecule has 1 unspecified atom stereocenters. The monoisotopic (exact) mass is 564 g/mol. The Hall–Kier alpha value is -3.59. The maximum absolute atomic E-state index is 13.2. The number of benzene rings is 1. The van der Waals surface area contributed by atoms with Gasteiger partial charge in [0.25, 0.3) is 0 Å². The van der Waals surface area contributed by atoms with Crippen molar-refractivity contribution in [3.8, 4) is 17.1 Å². The van der Waals surface area contributed by atoms with Gasteiger partial charge in [-0.05, 0) is 63.1 Å². The molecule has 9 heteroatoms. The van der Waals surface area contributed by atoms with Gasteiger partial charge in [0.1, 0.15) is 5.82 Å². The average molecular weight is 565 g/mol. The molecule has 1 aliphatic heterocycles. The predicted molar refractivity (Wildman–Crippen MR) is 157 cm³/mol. The van der Waals surface area contributed by atoms with Crippen LogP contribution in [-0.2, 0) is 16.0 Å². The molecule has 0 radical (unpaired) electrons. The van der Waals surface area contributed by atoms with Crippen molar-refractivity contribution >= 4 is 11.7 Å². The topological polar surface area (TPSA) is 97.7 Å². The highest BCUT2D eigenvalue weighted by molar-refractivity contribution is 5.84. The zero-order valence-electron chi connectivity index (χ0n) is 24.9. The van der Waals surface area contributed by atoms with E-state index < -0.39 is 17.7 Å². The standard InChI is InChI=1S/C32H41FN4O4/c1-7-32(5,6)41-28(30(38)39)26-21(2)34-20-25(27(26)37-15-13-31(3,4)14-16-37)29-35-18-24(19-36-29)40-17-12-22-8-10-23(33)11-9-22/h8-11,18-20,28H,7,12-17H2,1-6H3,(H,38,39). The number of piperidine rings is 1. The minimum absolute atomic E-state index is 0.204. The van der Waals surface area contributed by atoms with Crippen LogP contribution in [0.3, 0.4) is 0 Å². The number of ether oxygens (including phenoxy) is 2. The molecule has 0 saturated carbocycles. The van der Waals surface area contributed by atoms with Crippen LogP contribution in [0.15, 0.2) is 42.9 Å². The molecule has 1 N–H and O–H groups in total. The smallest absolute Gasteiger partial charge is 0.337 e. The number of rotatable bonds is 11. The molecule has 2 aromatic heterocycles. The normalized spacial score (nSPS) is 15.9. The molecule has 0 aliphatic carbocycles. The highest BCUT2D eigenvalue weighted by atomic mass is 19.1. The number of carbonyl (C=O) groups is 1. The lowest BCUT2D eigenvalue weighted by Crippen LogP contribution is -2.39. The summed E-state index contributed by atoms with van der Waals surface area (Å²) in [4.78, 5) is 28.7. The minimum atomic E-state index is -1.20. The van der Waals surface area contributed by atoms with E-state index in [2.05, 4.69) is 33.7 Å². The third-order valence-electron chi connectivity index (χ3n) is 7.94. The number of halogens is 1. The summed E-state index contributed by atoms with van der Waals surface area (Å²) in [5.41, 5.74) is 3.10. The van der Waals surface area contributed by atoms with E-state index in [1.807, 2.05) is 27.7 Å². The summed E-state index contributed by atoms with van der Waals surface area (Å²) in [6.07, 6.45) is 6.96. The summed E-state index contributed by atoms with van der Waals surface area (Å²) in [6.45, 7) is 14.1. The maximum atomic E-state index is 13.2. The molecule has 0 bridgehead atoms. The van der Waals surface area contributed by atoms with E-state index in [0.717, 1.165) is 37.2 Å². The van der Waals surface area contributed by atoms with E-state index in [1.165, 1.54) is 12.1 Å². The number of aryl methyl sites for hydroxylation is 1. The molecule has 8 nitrogen and oxygen atoms in total. The number of carboxylic acids is 1. The third-order valence-corrected chi connectivity index (χ3v) is 7.94. The Kier molecular flexibility index (Phi) is 9.27. The van der Waals surface area contributed by atoms with Crippen molar-refractivity contribution in [3.05, 3.63) is 65.5 Å². The zero-order valence-corrected chi connectivity index (χ0v) is 24.9. The Morgan fingerprint density at radius 1 is 1.10 bits per heavy atom. The molecule has 1 fully saturated rings. The van der Waals surface area contributed by atoms with Crippen LogP contribution in [-0.4, -0.2) is 51.3 Å². The van der Waals surface area contributed by atoms with Gasteiger partial charge in [-0.1, -0.05) is 32.9 Å². The van der Waals surface area contributed by atoms with Gasteiger partial charge in [-0.25, -0.2) is 19.2 Å². The highest BCUT2D eigenvalue weighted by Gasteiger charge is 2.36. The fraction of sp³-hybridized carbons (Fsp3) is 0.500. The van der Waals surface area contributed by atoms with Crippen LogP contribution in [0.5, 0.6) is 5.75 Å². The number of anilines is 1. The summed E-state index contributed by atoms with van der Waals surface area (Å²) in [5.74, 6) is -0.384. The van der Waals surface area contributed by atoms with Gasteiger partial charge in [0.2, 0.25) is 0 Å². The molecule has 1 aliphatic rings. The Morgan fingerprint density at radius 3 is 2.32 bits per heavy atom. The van der Waals surface area contributed by atoms with E-state index in [1.54, 1.807) is 30.7 Å². The van der Waals surface area contributed by atoms with Gasteiger partial charge in [-0.15, -0.1) is 0 Å². The number of carboxylic acid groups (broad SMARTS) is 1. The second kappa shape index (κ2) is 12.5. The van der Waals surface area contributed by atoms with Crippen molar-refractivity contribution in [3.63, 3.8) is 0 Å². The second-order valence-corrected chi connectivity index (χ2v) is 12.1. The van der Waals surface area contributed by atoms with Crippen LogP contribution in [0.25, 0.3) is 11.4 Å². The van der Waals surface area contributed by atoms with Crippen molar-refractivity contribution in [2.75, 3.05) is 24.6 Å². The molecular formula is C32H41FN4O4. The van der Waals surface area contributed by atoms with Gasteiger partial charge in [-0.2, -0.15) is 0 Å². The SMILES string of the molecule is CCC(C)(C)OC(C(=O)O)c1c(C)ncc(-c2ncc(OCCc3ccc(F)cc3)cn2)c1N1CCC(C)(C)CC1. The van der Waals surface area contributed by atoms with E-state index >= 15 is 0 Å². The van der Waals surface area contributed by atoms with Crippen LogP contribution in [0.4, 0.5) is 10.1 Å². The van der Waals surface area contributed by atoms with E-state index in [9.17, 15) is 14.3 Å². The third kappa shape index (κ3) is 7.58. The molecule has 3 heterocycles. The Labute approximate surface area is 242 Å². The number of aliphatic carboxylic acids is 1. The first-order valence-electron chi connectivity index (χ1n) is 14.2. The summed E-state index contributed by atoms with van der Waals surface area (Å²) in [5, 5.41) is 10.4. The number of pyridine rings is 1. The average Bonchev–Trinajstić information content (AvgIpc) is 2.93. The van der Waals surface area contributed by atoms with Gasteiger partial charge in [-0.3, -0.25) is 4.98 Å². The second-order valence-electron chi connectivity index (χ2n) is 12.1. The molecule has 0 amide bonds. The van der Waals surface area contributed by atoms with Crippen LogP contribution < -0.4 is 9.64 Å². The van der Waals surface area contributed by atoms with E-state index in [-0.39, 0.29) is 11.2 Å². The first-order chi connectivity index (χ1) is 19.4. The molecule has 220 valence electrons. The van der Waals surface area contributed by atoms with Gasteiger partial charge in [0, 0.05) is 37.0 Å².